The number of ether oxygens (including phenoxy) is 1. The third-order valence-corrected chi connectivity index (χ3v) is 2.50. The lowest BCUT2D eigenvalue weighted by atomic mass is 10.3. The smallest absolute Gasteiger partial charge is 0.373 e. The van der Waals surface area contributed by atoms with Gasteiger partial charge >= 0.3 is 5.69 Å². The summed E-state index contributed by atoms with van der Waals surface area (Å²) in [7, 11) is 0. The summed E-state index contributed by atoms with van der Waals surface area (Å²) in [5.41, 5.74) is -0.836. The Labute approximate surface area is 124 Å². The quantitative estimate of drug-likeness (QED) is 0.673. The highest BCUT2D eigenvalue weighted by Crippen LogP contribution is 2.33. The molecule has 22 heavy (non-hydrogen) atoms. The average molecular weight is 310 g/mol. The number of nitrogens with zero attached hydrogens (tertiary/aromatic N) is 3. The largest absolute Gasteiger partial charge is 0.470 e. The highest BCUT2D eigenvalue weighted by atomic mass is 19.1. The second-order valence-corrected chi connectivity index (χ2v) is 4.55. The van der Waals surface area contributed by atoms with E-state index in [0.717, 1.165) is 24.5 Å². The molecule has 1 aromatic carbocycles. The van der Waals surface area contributed by atoms with E-state index in [1.54, 1.807) is 13.8 Å². The molecule has 7 nitrogen and oxygen atoms in total. The van der Waals surface area contributed by atoms with Gasteiger partial charge < -0.3 is 10.1 Å². The van der Waals surface area contributed by atoms with Gasteiger partial charge in [0.1, 0.15) is 18.0 Å². The predicted octanol–water partition coefficient (Wildman–Crippen LogP) is 3.19. The third kappa shape index (κ3) is 3.43. The van der Waals surface area contributed by atoms with E-state index in [1.807, 2.05) is 0 Å². The molecule has 2 aromatic rings. The van der Waals surface area contributed by atoms with E-state index >= 15 is 0 Å². The molecule has 1 aromatic heterocycles. The molecule has 0 aliphatic heterocycles. The minimum atomic E-state index is -0.777. The first-order chi connectivity index (χ1) is 10.4. The number of rotatable bonds is 5. The zero-order valence-corrected chi connectivity index (χ0v) is 11.7. The fourth-order valence-electron chi connectivity index (χ4n) is 1.65. The molecule has 0 saturated heterocycles. The lowest BCUT2D eigenvalue weighted by Gasteiger charge is -2.11. The van der Waals surface area contributed by atoms with Gasteiger partial charge in [0, 0.05) is 6.07 Å². The number of nitrogens with one attached hydrogen (secondary N) is 1. The Morgan fingerprint density at radius 3 is 2.68 bits per heavy atom. The van der Waals surface area contributed by atoms with Crippen LogP contribution in [0.3, 0.4) is 0 Å². The van der Waals surface area contributed by atoms with Crippen LogP contribution in [0.4, 0.5) is 26.0 Å². The summed E-state index contributed by atoms with van der Waals surface area (Å²) in [6, 6.07) is 2.70. The number of hydrogen-bond donors (Lipinski definition) is 1. The predicted molar refractivity (Wildman–Crippen MR) is 74.1 cm³/mol. The normalized spacial score (nSPS) is 10.6. The van der Waals surface area contributed by atoms with Crippen LogP contribution in [-0.2, 0) is 0 Å². The monoisotopic (exact) mass is 310 g/mol. The van der Waals surface area contributed by atoms with Crippen LogP contribution in [0.2, 0.25) is 0 Å². The minimum Gasteiger partial charge on any atom is -0.470 e. The Hall–Kier alpha value is -2.84. The molecule has 0 radical (unpaired) electrons. The van der Waals surface area contributed by atoms with Gasteiger partial charge in [0.25, 0.3) is 5.88 Å². The van der Waals surface area contributed by atoms with E-state index < -0.39 is 22.2 Å². The Kier molecular flexibility index (Phi) is 4.44. The first-order valence-corrected chi connectivity index (χ1v) is 6.26. The number of anilines is 2. The lowest BCUT2D eigenvalue weighted by Crippen LogP contribution is -2.11. The van der Waals surface area contributed by atoms with Crippen LogP contribution in [0, 0.1) is 21.7 Å². The maximum absolute atomic E-state index is 13.6. The molecule has 0 amide bonds. The zero-order valence-electron chi connectivity index (χ0n) is 11.7. The van der Waals surface area contributed by atoms with E-state index in [9.17, 15) is 18.9 Å². The second kappa shape index (κ2) is 6.29. The molecule has 0 fully saturated rings. The van der Waals surface area contributed by atoms with Gasteiger partial charge in [0.05, 0.1) is 16.7 Å². The molecule has 2 rings (SSSR count). The second-order valence-electron chi connectivity index (χ2n) is 4.55. The zero-order chi connectivity index (χ0) is 16.3. The molecule has 0 atom stereocenters. The van der Waals surface area contributed by atoms with Gasteiger partial charge in [-0.05, 0) is 26.0 Å². The summed E-state index contributed by atoms with van der Waals surface area (Å²) in [6.45, 7) is 3.34. The van der Waals surface area contributed by atoms with E-state index in [1.165, 1.54) is 0 Å². The Balaban J connectivity index is 2.46. The van der Waals surface area contributed by atoms with Gasteiger partial charge in [-0.25, -0.2) is 13.8 Å². The van der Waals surface area contributed by atoms with Crippen LogP contribution >= 0.6 is 0 Å². The Bertz CT molecular complexity index is 710. The van der Waals surface area contributed by atoms with Crippen molar-refractivity contribution in [1.82, 2.24) is 9.97 Å². The van der Waals surface area contributed by atoms with Crippen molar-refractivity contribution in [2.75, 3.05) is 5.32 Å². The summed E-state index contributed by atoms with van der Waals surface area (Å²) in [5, 5.41) is 13.6. The summed E-state index contributed by atoms with van der Waals surface area (Å²) < 4.78 is 32.0. The molecular weight excluding hydrogens is 298 g/mol. The minimum absolute atomic E-state index is 0.255. The lowest BCUT2D eigenvalue weighted by molar-refractivity contribution is -0.385. The van der Waals surface area contributed by atoms with E-state index in [4.69, 9.17) is 4.74 Å². The molecule has 1 heterocycles. The van der Waals surface area contributed by atoms with E-state index in [2.05, 4.69) is 15.3 Å². The molecule has 0 saturated carbocycles. The van der Waals surface area contributed by atoms with E-state index in [-0.39, 0.29) is 23.5 Å². The first-order valence-electron chi connectivity index (χ1n) is 6.26. The maximum atomic E-state index is 13.6. The van der Waals surface area contributed by atoms with Crippen LogP contribution < -0.4 is 10.1 Å². The van der Waals surface area contributed by atoms with Crippen molar-refractivity contribution in [3.63, 3.8) is 0 Å². The van der Waals surface area contributed by atoms with Crippen LogP contribution in [0.1, 0.15) is 13.8 Å². The number of hydrogen-bond acceptors (Lipinski definition) is 6. The summed E-state index contributed by atoms with van der Waals surface area (Å²) in [4.78, 5) is 17.9. The van der Waals surface area contributed by atoms with Gasteiger partial charge in [-0.3, -0.25) is 10.1 Å². The molecule has 0 unspecified atom stereocenters. The number of halogens is 2. The van der Waals surface area contributed by atoms with Gasteiger partial charge in [-0.1, -0.05) is 0 Å². The summed E-state index contributed by atoms with van der Waals surface area (Å²) >= 11 is 0. The Morgan fingerprint density at radius 1 is 1.32 bits per heavy atom. The van der Waals surface area contributed by atoms with Crippen molar-refractivity contribution in [3.05, 3.63) is 46.3 Å². The molecule has 0 spiro atoms. The van der Waals surface area contributed by atoms with Crippen molar-refractivity contribution in [2.45, 2.75) is 20.0 Å². The summed E-state index contributed by atoms with van der Waals surface area (Å²) in [5.74, 6) is -2.02. The van der Waals surface area contributed by atoms with Gasteiger partial charge in [-0.2, -0.15) is 4.98 Å². The van der Waals surface area contributed by atoms with Crippen molar-refractivity contribution >= 4 is 17.2 Å². The fourth-order valence-corrected chi connectivity index (χ4v) is 1.65. The van der Waals surface area contributed by atoms with Crippen molar-refractivity contribution in [1.29, 1.82) is 0 Å². The first kappa shape index (κ1) is 15.5. The van der Waals surface area contributed by atoms with Crippen LogP contribution in [0.25, 0.3) is 0 Å². The highest BCUT2D eigenvalue weighted by molar-refractivity contribution is 5.68. The summed E-state index contributed by atoms with van der Waals surface area (Å²) in [6.07, 6.45) is 0.678. The van der Waals surface area contributed by atoms with Gasteiger partial charge in [0.15, 0.2) is 0 Å². The van der Waals surface area contributed by atoms with Crippen LogP contribution in [0.5, 0.6) is 5.88 Å². The third-order valence-electron chi connectivity index (χ3n) is 2.50. The molecule has 1 N–H and O–H groups in total. The molecule has 9 heteroatoms. The standard InChI is InChI=1S/C13H12F2N4O3/c1-7(2)22-13-11(19(20)21)12(16-6-17-13)18-10-5-8(14)3-4-9(10)15/h3-7H,1-2H3,(H,16,17,18). The number of nitro groups is 1. The Morgan fingerprint density at radius 2 is 2.05 bits per heavy atom. The molecule has 0 bridgehead atoms. The average Bonchev–Trinajstić information content (AvgIpc) is 2.42. The van der Waals surface area contributed by atoms with Crippen molar-refractivity contribution < 1.29 is 18.4 Å². The van der Waals surface area contributed by atoms with Gasteiger partial charge in [0.2, 0.25) is 5.82 Å². The maximum Gasteiger partial charge on any atom is 0.373 e. The fraction of sp³-hybridized carbons (Fsp3) is 0.231. The van der Waals surface area contributed by atoms with Crippen molar-refractivity contribution in [3.8, 4) is 5.88 Å². The van der Waals surface area contributed by atoms with Gasteiger partial charge in [-0.15, -0.1) is 0 Å². The topological polar surface area (TPSA) is 90.2 Å². The molecule has 0 aliphatic rings. The molecular formula is C13H12F2N4O3. The number of aromatic nitrogens is 2. The SMILES string of the molecule is CC(C)Oc1ncnc(Nc2cc(F)ccc2F)c1[N+](=O)[O-]. The van der Waals surface area contributed by atoms with E-state index in [0.29, 0.717) is 0 Å². The van der Waals surface area contributed by atoms with Crippen LogP contribution in [0.15, 0.2) is 24.5 Å². The highest BCUT2D eigenvalue weighted by Gasteiger charge is 2.26. The molecule has 116 valence electrons. The molecule has 0 aliphatic carbocycles. The van der Waals surface area contributed by atoms with Crippen molar-refractivity contribution in [2.24, 2.45) is 0 Å². The number of benzene rings is 1. The van der Waals surface area contributed by atoms with Crippen LogP contribution in [-0.4, -0.2) is 21.0 Å².